The van der Waals surface area contributed by atoms with Crippen LogP contribution in [0.25, 0.3) is 10.8 Å². The van der Waals surface area contributed by atoms with Gasteiger partial charge in [-0.1, -0.05) is 60.1 Å². The van der Waals surface area contributed by atoms with Gasteiger partial charge < -0.3 is 5.32 Å². The van der Waals surface area contributed by atoms with Crippen molar-refractivity contribution in [3.05, 3.63) is 77.3 Å². The van der Waals surface area contributed by atoms with Gasteiger partial charge in [0.2, 0.25) is 5.91 Å². The molecule has 0 heterocycles. The Morgan fingerprint density at radius 3 is 2.36 bits per heavy atom. The number of carbonyl (C=O) groups excluding carboxylic acids is 1. The summed E-state index contributed by atoms with van der Waals surface area (Å²) in [5.41, 5.74) is 1.78. The summed E-state index contributed by atoms with van der Waals surface area (Å²) < 4.78 is 0. The number of anilines is 1. The number of halogens is 1. The quantitative estimate of drug-likeness (QED) is 0.665. The monoisotopic (exact) mass is 352 g/mol. The van der Waals surface area contributed by atoms with Crippen molar-refractivity contribution in [3.8, 4) is 0 Å². The predicted octanol–water partition coefficient (Wildman–Crippen LogP) is 5.17. The van der Waals surface area contributed by atoms with Gasteiger partial charge in [0.05, 0.1) is 6.04 Å². The molecule has 0 saturated heterocycles. The van der Waals surface area contributed by atoms with Crippen molar-refractivity contribution < 1.29 is 4.79 Å². The van der Waals surface area contributed by atoms with Crippen LogP contribution in [0.4, 0.5) is 5.69 Å². The Morgan fingerprint density at radius 1 is 0.920 bits per heavy atom. The Balaban J connectivity index is 1.66. The third-order valence-corrected chi connectivity index (χ3v) is 4.63. The highest BCUT2D eigenvalue weighted by molar-refractivity contribution is 6.31. The van der Waals surface area contributed by atoms with Crippen molar-refractivity contribution in [2.45, 2.75) is 25.9 Å². The van der Waals surface area contributed by atoms with Crippen LogP contribution in [0.1, 0.15) is 25.5 Å². The summed E-state index contributed by atoms with van der Waals surface area (Å²) in [5, 5.41) is 9.22. The summed E-state index contributed by atoms with van der Waals surface area (Å²) in [4.78, 5) is 12.5. The number of amides is 1. The van der Waals surface area contributed by atoms with Crippen LogP contribution >= 0.6 is 11.6 Å². The second-order valence-electron chi connectivity index (χ2n) is 6.18. The van der Waals surface area contributed by atoms with Crippen LogP contribution in [0.15, 0.2) is 66.7 Å². The van der Waals surface area contributed by atoms with Crippen LogP contribution in [0.2, 0.25) is 5.02 Å². The van der Waals surface area contributed by atoms with Gasteiger partial charge in [-0.25, -0.2) is 0 Å². The topological polar surface area (TPSA) is 41.1 Å². The van der Waals surface area contributed by atoms with Crippen molar-refractivity contribution in [1.82, 2.24) is 5.32 Å². The Labute approximate surface area is 153 Å². The maximum atomic E-state index is 12.5. The zero-order chi connectivity index (χ0) is 17.8. The molecule has 128 valence electrons. The molecule has 3 nitrogen and oxygen atoms in total. The molecule has 0 fully saturated rings. The van der Waals surface area contributed by atoms with Gasteiger partial charge in [0.1, 0.15) is 0 Å². The van der Waals surface area contributed by atoms with E-state index in [-0.39, 0.29) is 18.0 Å². The highest BCUT2D eigenvalue weighted by Gasteiger charge is 2.17. The lowest BCUT2D eigenvalue weighted by atomic mass is 10.1. The summed E-state index contributed by atoms with van der Waals surface area (Å²) in [6, 6.07) is 21.3. The maximum Gasteiger partial charge on any atom is 0.241 e. The molecule has 0 spiro atoms. The first kappa shape index (κ1) is 17.5. The summed E-state index contributed by atoms with van der Waals surface area (Å²) in [6.45, 7) is 3.85. The van der Waals surface area contributed by atoms with Crippen LogP contribution in [0, 0.1) is 0 Å². The van der Waals surface area contributed by atoms with Gasteiger partial charge >= 0.3 is 0 Å². The van der Waals surface area contributed by atoms with Crippen LogP contribution in [-0.4, -0.2) is 11.9 Å². The van der Waals surface area contributed by atoms with Crippen molar-refractivity contribution in [3.63, 3.8) is 0 Å². The number of hydrogen-bond donors (Lipinski definition) is 2. The van der Waals surface area contributed by atoms with E-state index in [1.54, 1.807) is 0 Å². The number of benzene rings is 3. The van der Waals surface area contributed by atoms with Crippen molar-refractivity contribution in [2.75, 3.05) is 5.32 Å². The van der Waals surface area contributed by atoms with Crippen LogP contribution in [0.3, 0.4) is 0 Å². The van der Waals surface area contributed by atoms with Crippen LogP contribution in [0.5, 0.6) is 0 Å². The van der Waals surface area contributed by atoms with Crippen LogP contribution in [-0.2, 0) is 4.79 Å². The van der Waals surface area contributed by atoms with Crippen molar-refractivity contribution >= 4 is 34.0 Å². The Morgan fingerprint density at radius 2 is 1.60 bits per heavy atom. The van der Waals surface area contributed by atoms with Gasteiger partial charge in [-0.05, 0) is 48.4 Å². The normalized spacial score (nSPS) is 13.4. The van der Waals surface area contributed by atoms with Crippen LogP contribution < -0.4 is 10.6 Å². The minimum Gasteiger partial charge on any atom is -0.325 e. The van der Waals surface area contributed by atoms with Crippen molar-refractivity contribution in [2.24, 2.45) is 0 Å². The van der Waals surface area contributed by atoms with E-state index in [9.17, 15) is 4.79 Å². The first-order chi connectivity index (χ1) is 12.0. The molecule has 0 aliphatic carbocycles. The molecule has 2 N–H and O–H groups in total. The molecule has 3 rings (SSSR count). The maximum absolute atomic E-state index is 12.5. The van der Waals surface area contributed by atoms with E-state index in [1.165, 1.54) is 0 Å². The van der Waals surface area contributed by atoms with E-state index in [0.29, 0.717) is 5.02 Å². The molecule has 25 heavy (non-hydrogen) atoms. The fourth-order valence-corrected chi connectivity index (χ4v) is 3.18. The van der Waals surface area contributed by atoms with E-state index >= 15 is 0 Å². The van der Waals surface area contributed by atoms with Gasteiger partial charge in [0, 0.05) is 16.8 Å². The van der Waals surface area contributed by atoms with E-state index in [0.717, 1.165) is 22.0 Å². The molecule has 0 saturated carbocycles. The lowest BCUT2D eigenvalue weighted by Crippen LogP contribution is -2.39. The minimum absolute atomic E-state index is 0.0222. The van der Waals surface area contributed by atoms with E-state index < -0.39 is 0 Å². The smallest absolute Gasteiger partial charge is 0.241 e. The van der Waals surface area contributed by atoms with E-state index in [2.05, 4.69) is 16.7 Å². The first-order valence-corrected chi connectivity index (χ1v) is 8.72. The first-order valence-electron chi connectivity index (χ1n) is 8.35. The molecule has 0 aromatic heterocycles. The summed E-state index contributed by atoms with van der Waals surface area (Å²) in [7, 11) is 0. The minimum atomic E-state index is -0.349. The second kappa shape index (κ2) is 7.68. The molecule has 4 heteroatoms. The lowest BCUT2D eigenvalue weighted by Gasteiger charge is -2.21. The molecule has 0 aliphatic rings. The number of carbonyl (C=O) groups is 1. The van der Waals surface area contributed by atoms with Gasteiger partial charge in [-0.2, -0.15) is 0 Å². The fraction of sp³-hybridized carbons (Fsp3) is 0.190. The molecule has 0 aliphatic heterocycles. The standard InChI is InChI=1S/C21H21ClN2O/c1-14(19-9-5-6-10-20(19)22)23-15(2)21(25)24-18-12-11-16-7-3-4-8-17(16)13-18/h3-15,23H,1-2H3,(H,24,25)/t14-,15-/m1/s1. The molecular formula is C21H21ClN2O. The third-order valence-electron chi connectivity index (χ3n) is 4.28. The van der Waals surface area contributed by atoms with Crippen molar-refractivity contribution in [1.29, 1.82) is 0 Å². The van der Waals surface area contributed by atoms with E-state index in [4.69, 9.17) is 11.6 Å². The van der Waals surface area contributed by atoms with Gasteiger partial charge in [-0.3, -0.25) is 10.1 Å². The Bertz CT molecular complexity index is 894. The summed E-state index contributed by atoms with van der Waals surface area (Å²) in [6.07, 6.45) is 0. The molecule has 1 amide bonds. The fourth-order valence-electron chi connectivity index (χ4n) is 2.88. The lowest BCUT2D eigenvalue weighted by molar-refractivity contribution is -0.117. The largest absolute Gasteiger partial charge is 0.325 e. The molecule has 3 aromatic rings. The highest BCUT2D eigenvalue weighted by Crippen LogP contribution is 2.23. The molecule has 0 bridgehead atoms. The second-order valence-corrected chi connectivity index (χ2v) is 6.59. The number of rotatable bonds is 5. The number of hydrogen-bond acceptors (Lipinski definition) is 2. The molecule has 2 atom stereocenters. The number of nitrogens with one attached hydrogen (secondary N) is 2. The number of fused-ring (bicyclic) bond motifs is 1. The SMILES string of the molecule is C[C@@H](N[C@H](C)c1ccccc1Cl)C(=O)Nc1ccc2ccccc2c1. The van der Waals surface area contributed by atoms with E-state index in [1.807, 2.05) is 74.5 Å². The highest BCUT2D eigenvalue weighted by atomic mass is 35.5. The van der Waals surface area contributed by atoms with Gasteiger partial charge in [0.15, 0.2) is 0 Å². The van der Waals surface area contributed by atoms with Gasteiger partial charge in [0.25, 0.3) is 0 Å². The zero-order valence-electron chi connectivity index (χ0n) is 14.3. The van der Waals surface area contributed by atoms with Gasteiger partial charge in [-0.15, -0.1) is 0 Å². The molecular weight excluding hydrogens is 332 g/mol. The summed E-state index contributed by atoms with van der Waals surface area (Å²) in [5.74, 6) is -0.0748. The predicted molar refractivity (Wildman–Crippen MR) is 105 cm³/mol. The zero-order valence-corrected chi connectivity index (χ0v) is 15.0. The average Bonchev–Trinajstić information content (AvgIpc) is 2.61. The third kappa shape index (κ3) is 4.19. The Kier molecular flexibility index (Phi) is 5.37. The molecule has 3 aromatic carbocycles. The molecule has 0 unspecified atom stereocenters. The summed E-state index contributed by atoms with van der Waals surface area (Å²) >= 11 is 6.23. The Hall–Kier alpha value is -2.36. The average molecular weight is 353 g/mol. The molecule has 0 radical (unpaired) electrons.